The van der Waals surface area contributed by atoms with Crippen LogP contribution in [0.3, 0.4) is 0 Å². The van der Waals surface area contributed by atoms with Crippen molar-refractivity contribution in [3.8, 4) is 0 Å². The first kappa shape index (κ1) is 17.5. The van der Waals surface area contributed by atoms with Crippen molar-refractivity contribution in [1.29, 1.82) is 0 Å². The third-order valence-electron chi connectivity index (χ3n) is 5.09. The highest BCUT2D eigenvalue weighted by molar-refractivity contribution is 5.88. The molecule has 2 amide bonds. The Labute approximate surface area is 149 Å². The van der Waals surface area contributed by atoms with Gasteiger partial charge in [-0.25, -0.2) is 4.79 Å². The molecule has 2 N–H and O–H groups in total. The van der Waals surface area contributed by atoms with E-state index in [1.54, 1.807) is 11.7 Å². The summed E-state index contributed by atoms with van der Waals surface area (Å²) in [6.07, 6.45) is 7.56. The second-order valence-corrected chi connectivity index (χ2v) is 6.85. The van der Waals surface area contributed by atoms with Crippen molar-refractivity contribution in [2.75, 3.05) is 11.9 Å². The SMILES string of the molecule is Cc1c(NC(=O)NCCc2ccc(C3CCCCC3)cc2)nnn1C. The molecule has 3 rings (SSSR count). The first-order valence-electron chi connectivity index (χ1n) is 9.13. The zero-order valence-electron chi connectivity index (χ0n) is 15.1. The summed E-state index contributed by atoms with van der Waals surface area (Å²) in [5.74, 6) is 1.23. The maximum Gasteiger partial charge on any atom is 0.320 e. The Morgan fingerprint density at radius 3 is 2.56 bits per heavy atom. The van der Waals surface area contributed by atoms with Crippen LogP contribution in [0.25, 0.3) is 0 Å². The number of aryl methyl sites for hydroxylation is 1. The molecule has 0 unspecified atom stereocenters. The smallest absolute Gasteiger partial charge is 0.320 e. The first-order valence-corrected chi connectivity index (χ1v) is 9.13. The Kier molecular flexibility index (Phi) is 5.68. The average Bonchev–Trinajstić information content (AvgIpc) is 2.95. The van der Waals surface area contributed by atoms with Gasteiger partial charge in [-0.05, 0) is 43.2 Å². The molecule has 1 aliphatic carbocycles. The van der Waals surface area contributed by atoms with Gasteiger partial charge in [-0.2, -0.15) is 0 Å². The summed E-state index contributed by atoms with van der Waals surface area (Å²) in [6, 6.07) is 8.65. The van der Waals surface area contributed by atoms with E-state index in [4.69, 9.17) is 0 Å². The Morgan fingerprint density at radius 1 is 1.20 bits per heavy atom. The molecule has 0 bridgehead atoms. The molecule has 6 heteroatoms. The molecular weight excluding hydrogens is 314 g/mol. The minimum Gasteiger partial charge on any atom is -0.337 e. The van der Waals surface area contributed by atoms with Crippen molar-refractivity contribution in [2.24, 2.45) is 7.05 Å². The van der Waals surface area contributed by atoms with Gasteiger partial charge in [0.2, 0.25) is 0 Å². The van der Waals surface area contributed by atoms with Crippen molar-refractivity contribution < 1.29 is 4.79 Å². The quantitative estimate of drug-likeness (QED) is 0.874. The van der Waals surface area contributed by atoms with Crippen molar-refractivity contribution >= 4 is 11.8 Å². The standard InChI is InChI=1S/C19H27N5O/c1-14-18(22-23-24(14)2)21-19(25)20-13-12-15-8-10-17(11-9-15)16-6-4-3-5-7-16/h8-11,16H,3-7,12-13H2,1-2H3,(H2,20,21,25). The molecule has 1 fully saturated rings. The number of nitrogens with zero attached hydrogens (tertiary/aromatic N) is 3. The summed E-state index contributed by atoms with van der Waals surface area (Å²) in [4.78, 5) is 11.9. The van der Waals surface area contributed by atoms with E-state index >= 15 is 0 Å². The second-order valence-electron chi connectivity index (χ2n) is 6.85. The van der Waals surface area contributed by atoms with Gasteiger partial charge in [0.1, 0.15) is 0 Å². The Balaban J connectivity index is 1.44. The molecule has 1 saturated carbocycles. The monoisotopic (exact) mass is 341 g/mol. The average molecular weight is 341 g/mol. The van der Waals surface area contributed by atoms with E-state index in [9.17, 15) is 4.79 Å². The van der Waals surface area contributed by atoms with Crippen LogP contribution in [0.15, 0.2) is 24.3 Å². The number of anilines is 1. The lowest BCUT2D eigenvalue weighted by Crippen LogP contribution is -2.30. The lowest BCUT2D eigenvalue weighted by Gasteiger charge is -2.22. The van der Waals surface area contributed by atoms with Crippen molar-refractivity contribution in [3.63, 3.8) is 0 Å². The van der Waals surface area contributed by atoms with Crippen molar-refractivity contribution in [1.82, 2.24) is 20.3 Å². The highest BCUT2D eigenvalue weighted by Gasteiger charge is 2.15. The fraction of sp³-hybridized carbons (Fsp3) is 0.526. The summed E-state index contributed by atoms with van der Waals surface area (Å²) in [5.41, 5.74) is 3.54. The van der Waals surface area contributed by atoms with Crippen LogP contribution in [0, 0.1) is 6.92 Å². The number of amides is 2. The summed E-state index contributed by atoms with van der Waals surface area (Å²) in [6.45, 7) is 2.46. The number of hydrogen-bond acceptors (Lipinski definition) is 3. The number of carbonyl (C=O) groups is 1. The number of benzene rings is 1. The number of urea groups is 1. The van der Waals surface area contributed by atoms with Crippen LogP contribution in [0.4, 0.5) is 10.6 Å². The minimum atomic E-state index is -0.248. The third kappa shape index (κ3) is 4.59. The number of carbonyl (C=O) groups excluding carboxylic acids is 1. The van der Waals surface area contributed by atoms with Gasteiger partial charge < -0.3 is 5.32 Å². The molecule has 1 aromatic carbocycles. The summed E-state index contributed by atoms with van der Waals surface area (Å²) in [7, 11) is 1.79. The summed E-state index contributed by atoms with van der Waals surface area (Å²) in [5, 5.41) is 13.4. The van der Waals surface area contributed by atoms with Crippen LogP contribution in [0.5, 0.6) is 0 Å². The number of nitrogens with one attached hydrogen (secondary N) is 2. The van der Waals surface area contributed by atoms with Crippen LogP contribution < -0.4 is 10.6 Å². The van der Waals surface area contributed by atoms with Crippen molar-refractivity contribution in [3.05, 3.63) is 41.1 Å². The highest BCUT2D eigenvalue weighted by Crippen LogP contribution is 2.32. The van der Waals surface area contributed by atoms with E-state index in [1.165, 1.54) is 43.2 Å². The predicted molar refractivity (Wildman–Crippen MR) is 98.7 cm³/mol. The van der Waals surface area contributed by atoms with Gasteiger partial charge in [0.15, 0.2) is 5.82 Å². The van der Waals surface area contributed by atoms with Crippen LogP contribution in [0.2, 0.25) is 0 Å². The van der Waals surface area contributed by atoms with E-state index in [0.717, 1.165) is 18.0 Å². The molecule has 1 heterocycles. The van der Waals surface area contributed by atoms with Gasteiger partial charge in [-0.15, -0.1) is 5.10 Å². The largest absolute Gasteiger partial charge is 0.337 e. The van der Waals surface area contributed by atoms with Crippen LogP contribution in [-0.4, -0.2) is 27.6 Å². The van der Waals surface area contributed by atoms with Gasteiger partial charge in [0.05, 0.1) is 5.69 Å². The van der Waals surface area contributed by atoms with Gasteiger partial charge >= 0.3 is 6.03 Å². The number of hydrogen-bond donors (Lipinski definition) is 2. The molecule has 0 saturated heterocycles. The van der Waals surface area contributed by atoms with E-state index in [2.05, 4.69) is 45.2 Å². The zero-order chi connectivity index (χ0) is 17.6. The van der Waals surface area contributed by atoms with Gasteiger partial charge in [-0.1, -0.05) is 48.7 Å². The number of aromatic nitrogens is 3. The minimum absolute atomic E-state index is 0.248. The molecule has 6 nitrogen and oxygen atoms in total. The van der Waals surface area contributed by atoms with Gasteiger partial charge in [-0.3, -0.25) is 10.00 Å². The van der Waals surface area contributed by atoms with Gasteiger partial charge in [0.25, 0.3) is 0 Å². The molecule has 0 spiro atoms. The molecule has 1 aromatic heterocycles. The zero-order valence-corrected chi connectivity index (χ0v) is 15.1. The van der Waals surface area contributed by atoms with Crippen LogP contribution in [-0.2, 0) is 13.5 Å². The van der Waals surface area contributed by atoms with Gasteiger partial charge in [0, 0.05) is 13.6 Å². The third-order valence-corrected chi connectivity index (χ3v) is 5.09. The fourth-order valence-electron chi connectivity index (χ4n) is 3.38. The van der Waals surface area contributed by atoms with Crippen molar-refractivity contribution in [2.45, 2.75) is 51.4 Å². The van der Waals surface area contributed by atoms with E-state index in [1.807, 2.05) is 6.92 Å². The highest BCUT2D eigenvalue weighted by atomic mass is 16.2. The summed E-state index contributed by atoms with van der Waals surface area (Å²) >= 11 is 0. The molecule has 0 atom stereocenters. The lowest BCUT2D eigenvalue weighted by molar-refractivity contribution is 0.252. The normalized spacial score (nSPS) is 15.1. The van der Waals surface area contributed by atoms with E-state index < -0.39 is 0 Å². The van der Waals surface area contributed by atoms with E-state index in [0.29, 0.717) is 12.4 Å². The number of rotatable bonds is 5. The second kappa shape index (κ2) is 8.14. The van der Waals surface area contributed by atoms with Crippen LogP contribution in [0.1, 0.15) is 54.8 Å². The lowest BCUT2D eigenvalue weighted by atomic mass is 9.84. The Bertz CT molecular complexity index is 701. The maximum absolute atomic E-state index is 11.9. The first-order chi connectivity index (χ1) is 12.1. The molecule has 0 radical (unpaired) electrons. The fourth-order valence-corrected chi connectivity index (χ4v) is 3.38. The molecular formula is C19H27N5O. The van der Waals surface area contributed by atoms with Crippen LogP contribution >= 0.6 is 0 Å². The molecule has 25 heavy (non-hydrogen) atoms. The molecule has 0 aliphatic heterocycles. The summed E-state index contributed by atoms with van der Waals surface area (Å²) < 4.78 is 1.63. The maximum atomic E-state index is 11.9. The molecule has 2 aromatic rings. The van der Waals surface area contributed by atoms with E-state index in [-0.39, 0.29) is 6.03 Å². The predicted octanol–water partition coefficient (Wildman–Crippen LogP) is 3.54. The Hall–Kier alpha value is -2.37. The topological polar surface area (TPSA) is 71.8 Å². The molecule has 134 valence electrons. The molecule has 1 aliphatic rings. The Morgan fingerprint density at radius 2 is 1.92 bits per heavy atom.